The summed E-state index contributed by atoms with van der Waals surface area (Å²) in [7, 11) is 1.42. The number of fused-ring (bicyclic) bond motifs is 3. The van der Waals surface area contributed by atoms with Crippen LogP contribution in [-0.2, 0) is 28.5 Å². The number of hydrogen-bond donors (Lipinski definition) is 1. The van der Waals surface area contributed by atoms with Gasteiger partial charge in [-0.05, 0) is 0 Å². The van der Waals surface area contributed by atoms with Crippen LogP contribution in [-0.4, -0.2) is 78.7 Å². The summed E-state index contributed by atoms with van der Waals surface area (Å²) in [6, 6.07) is 0. The van der Waals surface area contributed by atoms with E-state index < -0.39 is 60.5 Å². The zero-order valence-corrected chi connectivity index (χ0v) is 27.4. The Morgan fingerprint density at radius 2 is 1.27 bits per heavy atom. The van der Waals surface area contributed by atoms with Crippen LogP contribution in [0, 0.1) is 5.92 Å². The molecule has 3 fully saturated rings. The second-order valence-electron chi connectivity index (χ2n) is 12.3. The molecule has 6 atom stereocenters. The Balaban J connectivity index is 2.18. The van der Waals surface area contributed by atoms with Crippen molar-refractivity contribution in [3.05, 3.63) is 9.67 Å². The number of hydrogen-bond acceptors (Lipinski definition) is 7. The second kappa shape index (κ2) is 13.0. The molecule has 0 aromatic rings. The van der Waals surface area contributed by atoms with Crippen LogP contribution < -0.4 is 0 Å². The van der Waals surface area contributed by atoms with Gasteiger partial charge >= 0.3 is 229 Å². The van der Waals surface area contributed by atoms with Gasteiger partial charge in [-0.3, -0.25) is 0 Å². The fourth-order valence-electron chi connectivity index (χ4n) is 6.52. The second-order valence-corrected chi connectivity index (χ2v) is 25.2. The van der Waals surface area contributed by atoms with Gasteiger partial charge in [0.05, 0.1) is 0 Å². The van der Waals surface area contributed by atoms with Crippen LogP contribution in [0.25, 0.3) is 0 Å². The zero-order valence-electron chi connectivity index (χ0n) is 24.5. The maximum absolute atomic E-state index is 12.8. The van der Waals surface area contributed by atoms with Gasteiger partial charge in [0.1, 0.15) is 0 Å². The Morgan fingerprint density at radius 1 is 0.838 bits per heavy atom. The number of carbonyl (C=O) groups is 1. The van der Waals surface area contributed by atoms with Crippen molar-refractivity contribution in [2.75, 3.05) is 7.11 Å². The van der Waals surface area contributed by atoms with Crippen LogP contribution >= 0.6 is 0 Å². The van der Waals surface area contributed by atoms with Gasteiger partial charge in [0.25, 0.3) is 0 Å². The fourth-order valence-corrected chi connectivity index (χ4v) is 22.1. The molecule has 0 bridgehead atoms. The van der Waals surface area contributed by atoms with E-state index >= 15 is 0 Å². The number of aliphatic hydroxyl groups excluding tert-OH is 1. The van der Waals surface area contributed by atoms with E-state index in [9.17, 15) is 9.90 Å². The molecule has 1 N–H and O–H groups in total. The summed E-state index contributed by atoms with van der Waals surface area (Å²) >= 11 is -2.90. The molecule has 0 spiro atoms. The molecule has 214 valence electrons. The topological polar surface area (TPSA) is 83.5 Å². The molecule has 1 aliphatic carbocycles. The monoisotopic (exact) mass is 632 g/mol. The Kier molecular flexibility index (Phi) is 11.0. The summed E-state index contributed by atoms with van der Waals surface area (Å²) in [6.07, 6.45) is 4.42. The Labute approximate surface area is 228 Å². The molecule has 3 rings (SSSR count). The molecule has 3 aliphatic rings. The van der Waals surface area contributed by atoms with Crippen molar-refractivity contribution in [2.24, 2.45) is 5.92 Å². The third-order valence-electron chi connectivity index (χ3n) is 8.30. The molecule has 37 heavy (non-hydrogen) atoms. The first kappa shape index (κ1) is 31.3. The minimum atomic E-state index is -2.90. The third kappa shape index (κ3) is 7.51. The van der Waals surface area contributed by atoms with Gasteiger partial charge in [-0.25, -0.2) is 0 Å². The fraction of sp³-hybridized carbons (Fsp3) is 0.897. The van der Waals surface area contributed by atoms with E-state index in [-0.39, 0.29) is 18.3 Å². The van der Waals surface area contributed by atoms with Gasteiger partial charge in [0.15, 0.2) is 0 Å². The summed E-state index contributed by atoms with van der Waals surface area (Å²) in [5.41, 5.74) is 0.912. The van der Waals surface area contributed by atoms with E-state index in [2.05, 4.69) is 24.9 Å². The summed E-state index contributed by atoms with van der Waals surface area (Å²) in [5, 5.41) is 12.0. The first-order chi connectivity index (χ1) is 17.4. The number of methoxy groups -OCH3 is 1. The van der Waals surface area contributed by atoms with E-state index in [1.807, 2.05) is 27.7 Å². The number of aliphatic hydroxyl groups is 1. The van der Waals surface area contributed by atoms with E-state index in [0.29, 0.717) is 0 Å². The van der Waals surface area contributed by atoms with E-state index in [1.54, 1.807) is 0 Å². The normalized spacial score (nSPS) is 33.7. The van der Waals surface area contributed by atoms with Gasteiger partial charge in [-0.2, -0.15) is 0 Å². The first-order valence-electron chi connectivity index (χ1n) is 14.6. The van der Waals surface area contributed by atoms with Crippen molar-refractivity contribution >= 4 is 24.3 Å². The molecule has 8 heteroatoms. The quantitative estimate of drug-likeness (QED) is 0.212. The number of rotatable bonds is 12. The average molecular weight is 631 g/mol. The number of ether oxygens (including phenoxy) is 5. The summed E-state index contributed by atoms with van der Waals surface area (Å²) in [4.78, 5) is 12.8. The maximum atomic E-state index is 12.8. The van der Waals surface area contributed by atoms with E-state index in [1.165, 1.54) is 58.9 Å². The van der Waals surface area contributed by atoms with Gasteiger partial charge in [-0.1, -0.05) is 0 Å². The predicted molar refractivity (Wildman–Crippen MR) is 147 cm³/mol. The Morgan fingerprint density at radius 3 is 1.73 bits per heavy atom. The van der Waals surface area contributed by atoms with E-state index in [4.69, 9.17) is 23.7 Å². The standard InChI is InChI=1S/C17H25O7.3C4H9.Sn/c1-8-9(7-10(18)20-6)12-14(23-16(2,3)21-12)15-13(11(8)19)22-17(4,5)24-15;3*1-3-4-2;/h1,9,11-15,19H,7H2,2-6H3;3*1,3-4H2,2H3;/t9-,11+,12+,13-,14-,15-;;;;/m1..../s1. The molecular formula is C29H52O7Sn. The van der Waals surface area contributed by atoms with Crippen LogP contribution in [0.3, 0.4) is 0 Å². The SMILES string of the molecule is CCC[CH2][Sn](/[CH]=C1/[C@@H](CC(=O)OC)[C@@H]2OC(C)(C)O[C@H]2[C@@H]2OC(C)(C)O[C@@H]2[C@H]1O)([CH2]CCC)[CH2]CCC. The Hall–Kier alpha value is -0.191. The van der Waals surface area contributed by atoms with Crippen LogP contribution in [0.15, 0.2) is 9.67 Å². The van der Waals surface area contributed by atoms with E-state index in [0.717, 1.165) is 5.57 Å². The predicted octanol–water partition coefficient (Wildman–Crippen LogP) is 5.90. The van der Waals surface area contributed by atoms with Crippen molar-refractivity contribution < 1.29 is 33.6 Å². The summed E-state index contributed by atoms with van der Waals surface area (Å²) in [5.74, 6) is -2.33. The molecule has 0 aromatic carbocycles. The summed E-state index contributed by atoms with van der Waals surface area (Å²) in [6.45, 7) is 14.4. The van der Waals surface area contributed by atoms with Crippen LogP contribution in [0.2, 0.25) is 13.3 Å². The first-order valence-corrected chi connectivity index (χ1v) is 22.3. The number of carbonyl (C=O) groups excluding carboxylic acids is 1. The summed E-state index contributed by atoms with van der Waals surface area (Å²) < 4.78 is 37.1. The third-order valence-corrected chi connectivity index (χ3v) is 22.6. The molecule has 2 heterocycles. The van der Waals surface area contributed by atoms with Gasteiger partial charge < -0.3 is 0 Å². The molecule has 2 aliphatic heterocycles. The van der Waals surface area contributed by atoms with Crippen molar-refractivity contribution in [1.82, 2.24) is 0 Å². The molecule has 0 amide bonds. The molecule has 0 radical (unpaired) electrons. The van der Waals surface area contributed by atoms with Crippen molar-refractivity contribution in [3.63, 3.8) is 0 Å². The molecule has 7 nitrogen and oxygen atoms in total. The molecule has 0 aromatic heterocycles. The molecule has 0 unspecified atom stereocenters. The van der Waals surface area contributed by atoms with Crippen molar-refractivity contribution in [3.8, 4) is 0 Å². The van der Waals surface area contributed by atoms with Crippen LogP contribution in [0.4, 0.5) is 0 Å². The number of esters is 1. The van der Waals surface area contributed by atoms with Crippen molar-refractivity contribution in [2.45, 2.75) is 149 Å². The zero-order chi connectivity index (χ0) is 27.4. The van der Waals surface area contributed by atoms with Crippen LogP contribution in [0.1, 0.15) is 93.4 Å². The van der Waals surface area contributed by atoms with Gasteiger partial charge in [0.2, 0.25) is 0 Å². The molecule has 2 saturated heterocycles. The number of unbranched alkanes of at least 4 members (excludes halogenated alkanes) is 3. The minimum absolute atomic E-state index is 0.139. The van der Waals surface area contributed by atoms with Crippen LogP contribution in [0.5, 0.6) is 0 Å². The average Bonchev–Trinajstić information content (AvgIpc) is 3.33. The molecule has 1 saturated carbocycles. The Bertz CT molecular complexity index is 773. The van der Waals surface area contributed by atoms with Gasteiger partial charge in [0, 0.05) is 0 Å². The molecular weight excluding hydrogens is 579 g/mol. The van der Waals surface area contributed by atoms with Gasteiger partial charge in [-0.15, -0.1) is 0 Å². The van der Waals surface area contributed by atoms with Crippen molar-refractivity contribution in [1.29, 1.82) is 0 Å².